The van der Waals surface area contributed by atoms with Crippen molar-refractivity contribution in [1.82, 2.24) is 14.1 Å². The van der Waals surface area contributed by atoms with E-state index in [4.69, 9.17) is 4.74 Å². The molecule has 0 bridgehead atoms. The molecular weight excluding hydrogens is 321 g/mol. The zero-order valence-electron chi connectivity index (χ0n) is 12.9. The SMILES string of the molecule is Cc1cc([C@H]2CN(S(=O)(=O)c3ccnn3C)CCO2)ccc1F. The van der Waals surface area contributed by atoms with Crippen molar-refractivity contribution in [2.75, 3.05) is 19.7 Å². The molecule has 2 aromatic rings. The number of aryl methyl sites for hydroxylation is 2. The Morgan fingerprint density at radius 3 is 2.78 bits per heavy atom. The van der Waals surface area contributed by atoms with Gasteiger partial charge in [-0.2, -0.15) is 9.40 Å². The van der Waals surface area contributed by atoms with Crippen molar-refractivity contribution in [3.05, 3.63) is 47.4 Å². The molecule has 1 aliphatic rings. The molecule has 2 heterocycles. The van der Waals surface area contributed by atoms with Crippen LogP contribution in [-0.4, -0.2) is 42.2 Å². The van der Waals surface area contributed by atoms with Crippen LogP contribution in [0.4, 0.5) is 4.39 Å². The van der Waals surface area contributed by atoms with Gasteiger partial charge in [0.25, 0.3) is 10.0 Å². The van der Waals surface area contributed by atoms with Crippen molar-refractivity contribution in [3.63, 3.8) is 0 Å². The maximum atomic E-state index is 13.4. The first-order chi connectivity index (χ1) is 10.9. The molecule has 1 fully saturated rings. The van der Waals surface area contributed by atoms with E-state index >= 15 is 0 Å². The third kappa shape index (κ3) is 3.01. The Morgan fingerprint density at radius 1 is 1.35 bits per heavy atom. The summed E-state index contributed by atoms with van der Waals surface area (Å²) in [5, 5.41) is 4.06. The van der Waals surface area contributed by atoms with Crippen LogP contribution in [0.15, 0.2) is 35.5 Å². The maximum Gasteiger partial charge on any atom is 0.260 e. The third-order valence-electron chi connectivity index (χ3n) is 3.96. The molecule has 0 unspecified atom stereocenters. The number of nitrogens with zero attached hydrogens (tertiary/aromatic N) is 3. The maximum absolute atomic E-state index is 13.4. The lowest BCUT2D eigenvalue weighted by atomic mass is 10.1. The fourth-order valence-electron chi connectivity index (χ4n) is 2.66. The molecule has 0 N–H and O–H groups in total. The van der Waals surface area contributed by atoms with Crippen molar-refractivity contribution >= 4 is 10.0 Å². The quantitative estimate of drug-likeness (QED) is 0.853. The normalized spacial score (nSPS) is 19.9. The number of sulfonamides is 1. The second-order valence-corrected chi connectivity index (χ2v) is 7.41. The summed E-state index contributed by atoms with van der Waals surface area (Å²) in [5.74, 6) is -0.288. The number of hydrogen-bond donors (Lipinski definition) is 0. The summed E-state index contributed by atoms with van der Waals surface area (Å²) in [4.78, 5) is 0. The van der Waals surface area contributed by atoms with E-state index in [9.17, 15) is 12.8 Å². The molecule has 0 aliphatic carbocycles. The van der Waals surface area contributed by atoms with Crippen LogP contribution in [-0.2, 0) is 21.8 Å². The number of hydrogen-bond acceptors (Lipinski definition) is 4. The minimum absolute atomic E-state index is 0.147. The lowest BCUT2D eigenvalue weighted by Gasteiger charge is -2.32. The molecule has 124 valence electrons. The topological polar surface area (TPSA) is 64.4 Å². The molecule has 1 saturated heterocycles. The van der Waals surface area contributed by atoms with Crippen LogP contribution >= 0.6 is 0 Å². The van der Waals surface area contributed by atoms with Crippen molar-refractivity contribution in [2.45, 2.75) is 18.1 Å². The molecule has 1 aliphatic heterocycles. The number of halogens is 1. The molecule has 23 heavy (non-hydrogen) atoms. The van der Waals surface area contributed by atoms with E-state index in [1.165, 1.54) is 27.3 Å². The highest BCUT2D eigenvalue weighted by Gasteiger charge is 2.33. The van der Waals surface area contributed by atoms with Gasteiger partial charge in [0.1, 0.15) is 5.82 Å². The average molecular weight is 339 g/mol. The van der Waals surface area contributed by atoms with Crippen LogP contribution in [0.25, 0.3) is 0 Å². The number of ether oxygens (including phenoxy) is 1. The monoisotopic (exact) mass is 339 g/mol. The van der Waals surface area contributed by atoms with Gasteiger partial charge in [0.05, 0.1) is 18.9 Å². The van der Waals surface area contributed by atoms with Gasteiger partial charge in [-0.05, 0) is 30.2 Å². The van der Waals surface area contributed by atoms with Crippen LogP contribution in [0, 0.1) is 12.7 Å². The lowest BCUT2D eigenvalue weighted by Crippen LogP contribution is -2.42. The molecular formula is C15H18FN3O3S. The highest BCUT2D eigenvalue weighted by atomic mass is 32.2. The summed E-state index contributed by atoms with van der Waals surface area (Å²) in [6, 6.07) is 6.18. The molecule has 3 rings (SSSR count). The fraction of sp³-hybridized carbons (Fsp3) is 0.400. The van der Waals surface area contributed by atoms with Gasteiger partial charge < -0.3 is 4.74 Å². The molecule has 1 aromatic carbocycles. The first-order valence-electron chi connectivity index (χ1n) is 7.25. The van der Waals surface area contributed by atoms with Gasteiger partial charge in [-0.3, -0.25) is 4.68 Å². The average Bonchev–Trinajstić information content (AvgIpc) is 2.97. The van der Waals surface area contributed by atoms with Crippen molar-refractivity contribution in [1.29, 1.82) is 0 Å². The van der Waals surface area contributed by atoms with Crippen LogP contribution in [0.2, 0.25) is 0 Å². The highest BCUT2D eigenvalue weighted by molar-refractivity contribution is 7.89. The van der Waals surface area contributed by atoms with E-state index in [0.29, 0.717) is 5.56 Å². The number of aromatic nitrogens is 2. The zero-order valence-corrected chi connectivity index (χ0v) is 13.8. The summed E-state index contributed by atoms with van der Waals surface area (Å²) < 4.78 is 47.2. The largest absolute Gasteiger partial charge is 0.371 e. The van der Waals surface area contributed by atoms with E-state index in [0.717, 1.165) is 5.56 Å². The van der Waals surface area contributed by atoms with Crippen LogP contribution in [0.1, 0.15) is 17.2 Å². The van der Waals surface area contributed by atoms with Crippen molar-refractivity contribution < 1.29 is 17.5 Å². The smallest absolute Gasteiger partial charge is 0.260 e. The number of rotatable bonds is 3. The Labute approximate surface area is 134 Å². The van der Waals surface area contributed by atoms with Crippen LogP contribution < -0.4 is 0 Å². The summed E-state index contributed by atoms with van der Waals surface area (Å²) >= 11 is 0. The van der Waals surface area contributed by atoms with Crippen molar-refractivity contribution in [2.24, 2.45) is 7.05 Å². The minimum Gasteiger partial charge on any atom is -0.371 e. The highest BCUT2D eigenvalue weighted by Crippen LogP contribution is 2.27. The standard InChI is InChI=1S/C15H18FN3O3S/c1-11-9-12(3-4-13(11)16)14-10-19(7-8-22-14)23(20,21)15-5-6-17-18(15)2/h3-6,9,14H,7-8,10H2,1-2H3/t14-/m1/s1. The predicted octanol–water partition coefficient (Wildman–Crippen LogP) is 1.63. The van der Waals surface area contributed by atoms with Gasteiger partial charge in [0, 0.05) is 20.1 Å². The van der Waals surface area contributed by atoms with Gasteiger partial charge in [-0.15, -0.1) is 0 Å². The Morgan fingerprint density at radius 2 is 2.13 bits per heavy atom. The second-order valence-electron chi connectivity index (χ2n) is 5.52. The van der Waals surface area contributed by atoms with Gasteiger partial charge >= 0.3 is 0 Å². The summed E-state index contributed by atoms with van der Waals surface area (Å²) in [6.45, 7) is 2.44. The van der Waals surface area contributed by atoms with E-state index in [2.05, 4.69) is 5.10 Å². The van der Waals surface area contributed by atoms with E-state index in [1.807, 2.05) is 0 Å². The van der Waals surface area contributed by atoms with Gasteiger partial charge in [0.15, 0.2) is 5.03 Å². The lowest BCUT2D eigenvalue weighted by molar-refractivity contribution is -0.00274. The van der Waals surface area contributed by atoms with Gasteiger partial charge in [-0.1, -0.05) is 12.1 Å². The second kappa shape index (κ2) is 6.03. The Hall–Kier alpha value is -1.77. The molecule has 1 atom stereocenters. The van der Waals surface area contributed by atoms with E-state index < -0.39 is 16.1 Å². The molecule has 1 aromatic heterocycles. The predicted molar refractivity (Wildman–Crippen MR) is 81.8 cm³/mol. The molecule has 8 heteroatoms. The Bertz CT molecular complexity index is 819. The molecule has 0 amide bonds. The van der Waals surface area contributed by atoms with E-state index in [-0.39, 0.29) is 30.5 Å². The van der Waals surface area contributed by atoms with Crippen LogP contribution in [0.5, 0.6) is 0 Å². The van der Waals surface area contributed by atoms with Crippen LogP contribution in [0.3, 0.4) is 0 Å². The fourth-order valence-corrected chi connectivity index (χ4v) is 4.19. The van der Waals surface area contributed by atoms with Gasteiger partial charge in [0.2, 0.25) is 0 Å². The number of morpholine rings is 1. The summed E-state index contributed by atoms with van der Waals surface area (Å²) in [7, 11) is -2.04. The Balaban J connectivity index is 1.86. The Kier molecular flexibility index (Phi) is 4.22. The zero-order chi connectivity index (χ0) is 16.6. The third-order valence-corrected chi connectivity index (χ3v) is 5.90. The van der Waals surface area contributed by atoms with Crippen molar-refractivity contribution in [3.8, 4) is 0 Å². The number of benzene rings is 1. The molecule has 0 radical (unpaired) electrons. The molecule has 6 nitrogen and oxygen atoms in total. The molecule has 0 spiro atoms. The first kappa shape index (κ1) is 16.1. The van der Waals surface area contributed by atoms with Gasteiger partial charge in [-0.25, -0.2) is 12.8 Å². The van der Waals surface area contributed by atoms with E-state index in [1.54, 1.807) is 26.1 Å². The minimum atomic E-state index is -3.63. The summed E-state index contributed by atoms with van der Waals surface area (Å²) in [5.41, 5.74) is 1.28. The summed E-state index contributed by atoms with van der Waals surface area (Å²) in [6.07, 6.45) is 1.04. The molecule has 0 saturated carbocycles. The first-order valence-corrected chi connectivity index (χ1v) is 8.69.